The van der Waals surface area contributed by atoms with Crippen molar-refractivity contribution < 1.29 is 9.85 Å². The lowest BCUT2D eigenvalue weighted by Crippen LogP contribution is -1.98. The van der Waals surface area contributed by atoms with Crippen molar-refractivity contribution in [1.82, 2.24) is 0 Å². The molecule has 8 nitrogen and oxygen atoms in total. The van der Waals surface area contributed by atoms with Gasteiger partial charge in [-0.1, -0.05) is 0 Å². The highest BCUT2D eigenvalue weighted by molar-refractivity contribution is 5.94. The second-order valence-corrected chi connectivity index (χ2v) is 3.68. The summed E-state index contributed by atoms with van der Waals surface area (Å²) >= 11 is 0. The van der Waals surface area contributed by atoms with Gasteiger partial charge in [-0.15, -0.1) is 0 Å². The number of hydrogen-bond donors (Lipinski definition) is 2. The maximum atomic E-state index is 10.7. The molecular formula is C10H8N4O4. The number of nitrogen functional groups attached to an aromatic ring is 2. The predicted octanol–water partition coefficient (Wildman–Crippen LogP) is 1.82. The Morgan fingerprint density at radius 3 is 1.44 bits per heavy atom. The lowest BCUT2D eigenvalue weighted by Gasteiger charge is -2.03. The van der Waals surface area contributed by atoms with Gasteiger partial charge < -0.3 is 11.5 Å². The monoisotopic (exact) mass is 248 g/mol. The van der Waals surface area contributed by atoms with Crippen molar-refractivity contribution in [3.63, 3.8) is 0 Å². The number of nitro groups is 2. The van der Waals surface area contributed by atoms with Gasteiger partial charge in [0.15, 0.2) is 0 Å². The van der Waals surface area contributed by atoms with Crippen LogP contribution in [0.4, 0.5) is 22.7 Å². The fraction of sp³-hybridized carbons (Fsp3) is 0. The van der Waals surface area contributed by atoms with Gasteiger partial charge in [0, 0.05) is 12.1 Å². The van der Waals surface area contributed by atoms with Crippen LogP contribution < -0.4 is 11.5 Å². The van der Waals surface area contributed by atoms with Gasteiger partial charge in [0.05, 0.1) is 9.85 Å². The van der Waals surface area contributed by atoms with Gasteiger partial charge in [-0.25, -0.2) is 0 Å². The van der Waals surface area contributed by atoms with Crippen molar-refractivity contribution in [2.75, 3.05) is 11.5 Å². The minimum absolute atomic E-state index is 0.0132. The van der Waals surface area contributed by atoms with E-state index in [2.05, 4.69) is 0 Å². The third kappa shape index (κ3) is 1.75. The van der Waals surface area contributed by atoms with Gasteiger partial charge in [0.25, 0.3) is 11.4 Å². The van der Waals surface area contributed by atoms with Crippen LogP contribution in [0.2, 0.25) is 0 Å². The molecule has 0 radical (unpaired) electrons. The summed E-state index contributed by atoms with van der Waals surface area (Å²) in [6, 6.07) is 5.12. The molecule has 0 atom stereocenters. The highest BCUT2D eigenvalue weighted by Crippen LogP contribution is 2.33. The van der Waals surface area contributed by atoms with E-state index in [1.54, 1.807) is 0 Å². The molecule has 4 N–H and O–H groups in total. The quantitative estimate of drug-likeness (QED) is 0.472. The number of nitro benzene ring substituents is 2. The van der Waals surface area contributed by atoms with Gasteiger partial charge >= 0.3 is 0 Å². The Balaban J connectivity index is 2.79. The molecule has 0 spiro atoms. The first kappa shape index (κ1) is 11.6. The summed E-state index contributed by atoms with van der Waals surface area (Å²) in [6.45, 7) is 0. The van der Waals surface area contributed by atoms with Gasteiger partial charge in [-0.2, -0.15) is 0 Å². The van der Waals surface area contributed by atoms with E-state index in [0.717, 1.165) is 0 Å². The summed E-state index contributed by atoms with van der Waals surface area (Å²) in [6.07, 6.45) is 0. The van der Waals surface area contributed by atoms with Crippen LogP contribution in [0.15, 0.2) is 24.3 Å². The molecule has 0 aliphatic heterocycles. The van der Waals surface area contributed by atoms with E-state index in [0.29, 0.717) is 10.8 Å². The Morgan fingerprint density at radius 1 is 0.778 bits per heavy atom. The average Bonchev–Trinajstić information content (AvgIpc) is 2.26. The van der Waals surface area contributed by atoms with Gasteiger partial charge in [-0.05, 0) is 22.9 Å². The minimum Gasteiger partial charge on any atom is -0.393 e. The van der Waals surface area contributed by atoms with Crippen LogP contribution in [-0.4, -0.2) is 9.85 Å². The molecule has 0 unspecified atom stereocenters. The van der Waals surface area contributed by atoms with Crippen molar-refractivity contribution in [3.8, 4) is 0 Å². The third-order valence-corrected chi connectivity index (χ3v) is 2.52. The normalized spacial score (nSPS) is 10.4. The highest BCUT2D eigenvalue weighted by atomic mass is 16.6. The zero-order valence-electron chi connectivity index (χ0n) is 8.99. The summed E-state index contributed by atoms with van der Waals surface area (Å²) in [4.78, 5) is 20.2. The van der Waals surface area contributed by atoms with Crippen LogP contribution in [0.5, 0.6) is 0 Å². The SMILES string of the molecule is Nc1cc2cc(N)c([N+](=O)[O-])cc2cc1[N+](=O)[O-]. The van der Waals surface area contributed by atoms with Gasteiger partial charge in [-0.3, -0.25) is 20.2 Å². The molecule has 2 rings (SSSR count). The Kier molecular flexibility index (Phi) is 2.47. The number of nitrogens with zero attached hydrogens (tertiary/aromatic N) is 2. The molecule has 8 heteroatoms. The largest absolute Gasteiger partial charge is 0.393 e. The lowest BCUT2D eigenvalue weighted by molar-refractivity contribution is -0.384. The first-order chi connectivity index (χ1) is 8.40. The van der Waals surface area contributed by atoms with E-state index in [-0.39, 0.29) is 22.7 Å². The summed E-state index contributed by atoms with van der Waals surface area (Å²) in [5, 5.41) is 22.3. The molecular weight excluding hydrogens is 240 g/mol. The maximum absolute atomic E-state index is 10.7. The van der Waals surface area contributed by atoms with Crippen LogP contribution in [0.3, 0.4) is 0 Å². The van der Waals surface area contributed by atoms with Crippen molar-refractivity contribution in [2.24, 2.45) is 0 Å². The molecule has 92 valence electrons. The molecule has 0 aliphatic rings. The number of rotatable bonds is 2. The number of benzene rings is 2. The molecule has 0 fully saturated rings. The smallest absolute Gasteiger partial charge is 0.292 e. The van der Waals surface area contributed by atoms with E-state index in [1.165, 1.54) is 24.3 Å². The van der Waals surface area contributed by atoms with E-state index in [9.17, 15) is 20.2 Å². The molecule has 2 aromatic carbocycles. The van der Waals surface area contributed by atoms with E-state index >= 15 is 0 Å². The third-order valence-electron chi connectivity index (χ3n) is 2.52. The molecule has 0 heterocycles. The Morgan fingerprint density at radius 2 is 1.11 bits per heavy atom. The fourth-order valence-corrected chi connectivity index (χ4v) is 1.68. The van der Waals surface area contributed by atoms with E-state index < -0.39 is 9.85 Å². The maximum Gasteiger partial charge on any atom is 0.292 e. The number of fused-ring (bicyclic) bond motifs is 1. The number of nitrogens with two attached hydrogens (primary N) is 2. The average molecular weight is 248 g/mol. The summed E-state index contributed by atoms with van der Waals surface area (Å²) in [5.74, 6) is 0. The topological polar surface area (TPSA) is 138 Å². The zero-order valence-corrected chi connectivity index (χ0v) is 8.99. The van der Waals surface area contributed by atoms with Crippen LogP contribution in [0, 0.1) is 20.2 Å². The molecule has 2 aromatic rings. The summed E-state index contributed by atoms with van der Waals surface area (Å²) < 4.78 is 0. The predicted molar refractivity (Wildman–Crippen MR) is 66.1 cm³/mol. The van der Waals surface area contributed by atoms with Crippen LogP contribution in [-0.2, 0) is 0 Å². The summed E-state index contributed by atoms with van der Waals surface area (Å²) in [7, 11) is 0. The molecule has 0 saturated heterocycles. The van der Waals surface area contributed by atoms with Crippen LogP contribution in [0.25, 0.3) is 10.8 Å². The Labute approximate surface area is 100 Å². The molecule has 0 saturated carbocycles. The molecule has 0 bridgehead atoms. The minimum atomic E-state index is -0.642. The van der Waals surface area contributed by atoms with Crippen molar-refractivity contribution in [2.45, 2.75) is 0 Å². The fourth-order valence-electron chi connectivity index (χ4n) is 1.68. The Hall–Kier alpha value is -2.90. The zero-order chi connectivity index (χ0) is 13.4. The molecule has 18 heavy (non-hydrogen) atoms. The second-order valence-electron chi connectivity index (χ2n) is 3.68. The van der Waals surface area contributed by atoms with Gasteiger partial charge in [0.1, 0.15) is 11.4 Å². The summed E-state index contributed by atoms with van der Waals surface area (Å²) in [5.41, 5.74) is 10.4. The molecule has 0 aromatic heterocycles. The van der Waals surface area contributed by atoms with Crippen LogP contribution in [0.1, 0.15) is 0 Å². The van der Waals surface area contributed by atoms with Gasteiger partial charge in [0.2, 0.25) is 0 Å². The second kappa shape index (κ2) is 3.84. The van der Waals surface area contributed by atoms with Crippen LogP contribution >= 0.6 is 0 Å². The van der Waals surface area contributed by atoms with E-state index in [1.807, 2.05) is 0 Å². The van der Waals surface area contributed by atoms with Crippen molar-refractivity contribution in [1.29, 1.82) is 0 Å². The van der Waals surface area contributed by atoms with E-state index in [4.69, 9.17) is 11.5 Å². The molecule has 0 amide bonds. The first-order valence-corrected chi connectivity index (χ1v) is 4.81. The van der Waals surface area contributed by atoms with Crippen molar-refractivity contribution in [3.05, 3.63) is 44.5 Å². The lowest BCUT2D eigenvalue weighted by atomic mass is 10.1. The highest BCUT2D eigenvalue weighted by Gasteiger charge is 2.17. The number of hydrogen-bond acceptors (Lipinski definition) is 6. The standard InChI is InChI=1S/C10H8N4O4/c11-7-1-5-2-8(12)10(14(17)18)4-6(5)3-9(7)13(15)16/h1-4H,11-12H2. The first-order valence-electron chi connectivity index (χ1n) is 4.81. The van der Waals surface area contributed by atoms with Crippen molar-refractivity contribution >= 4 is 33.5 Å². The Bertz CT molecular complexity index is 628. The molecule has 0 aliphatic carbocycles. The number of anilines is 2.